The van der Waals surface area contributed by atoms with Crippen LogP contribution in [0.1, 0.15) is 21.5 Å². The van der Waals surface area contributed by atoms with Crippen LogP contribution in [0.5, 0.6) is 5.88 Å². The lowest BCUT2D eigenvalue weighted by atomic mass is 10.1. The number of aromatic nitrogens is 1. The lowest BCUT2D eigenvalue weighted by Crippen LogP contribution is -2.42. The lowest BCUT2D eigenvalue weighted by Gasteiger charge is -2.26. The Morgan fingerprint density at radius 2 is 1.97 bits per heavy atom. The molecule has 0 atom stereocenters. The molecule has 1 aliphatic rings. The third-order valence-corrected chi connectivity index (χ3v) is 5.34. The van der Waals surface area contributed by atoms with E-state index in [4.69, 9.17) is 15.2 Å². The fourth-order valence-electron chi connectivity index (χ4n) is 2.98. The molecule has 31 heavy (non-hydrogen) atoms. The molecule has 3 amide bonds. The van der Waals surface area contributed by atoms with Crippen molar-refractivity contribution in [2.45, 2.75) is 13.5 Å². The molecule has 3 rings (SSSR count). The zero-order valence-corrected chi connectivity index (χ0v) is 17.7. The number of carbonyl (C=O) groups excluding carboxylic acids is 2. The van der Waals surface area contributed by atoms with Gasteiger partial charge in [0.15, 0.2) is 0 Å². The van der Waals surface area contributed by atoms with Gasteiger partial charge in [-0.05, 0) is 36.2 Å². The average molecular weight is 455 g/mol. The van der Waals surface area contributed by atoms with Crippen LogP contribution in [0.2, 0.25) is 0 Å². The standard InChI is InChI=1S/C19H23F2N5O4S/c1-11-8-13(20)12(14(21)9-11)10-30-17-15(16(22)27)18(31-25-17)24-19(28)23-2-3-26-4-6-29-7-5-26/h8-9H,2-7,10H2,1H3,(H2,22,27)(H2,23,24,28). The SMILES string of the molecule is Cc1cc(F)c(COc2nsc(NC(=O)NCCN3CCOCC3)c2C(N)=O)c(F)c1. The van der Waals surface area contributed by atoms with Crippen LogP contribution in [0.15, 0.2) is 12.1 Å². The monoisotopic (exact) mass is 455 g/mol. The van der Waals surface area contributed by atoms with Crippen molar-refractivity contribution >= 4 is 28.5 Å². The molecule has 0 saturated carbocycles. The van der Waals surface area contributed by atoms with Gasteiger partial charge < -0.3 is 20.5 Å². The summed E-state index contributed by atoms with van der Waals surface area (Å²) >= 11 is 0.778. The number of anilines is 1. The second-order valence-corrected chi connectivity index (χ2v) is 7.66. The van der Waals surface area contributed by atoms with Crippen LogP contribution < -0.4 is 21.1 Å². The number of ether oxygens (including phenoxy) is 2. The second kappa shape index (κ2) is 10.5. The van der Waals surface area contributed by atoms with Gasteiger partial charge in [-0.1, -0.05) is 0 Å². The third-order valence-electron chi connectivity index (χ3n) is 4.59. The molecule has 1 aromatic heterocycles. The summed E-state index contributed by atoms with van der Waals surface area (Å²) in [6.45, 7) is 5.04. The minimum absolute atomic E-state index is 0.0798. The summed E-state index contributed by atoms with van der Waals surface area (Å²) in [6, 6.07) is 1.81. The van der Waals surface area contributed by atoms with E-state index in [1.165, 1.54) is 12.1 Å². The Balaban J connectivity index is 1.59. The van der Waals surface area contributed by atoms with Crippen molar-refractivity contribution in [1.82, 2.24) is 14.6 Å². The number of nitrogens with zero attached hydrogens (tertiary/aromatic N) is 2. The van der Waals surface area contributed by atoms with E-state index in [0.29, 0.717) is 31.9 Å². The molecule has 0 spiro atoms. The highest BCUT2D eigenvalue weighted by atomic mass is 32.1. The number of primary amides is 1. The molecular weight excluding hydrogens is 432 g/mol. The zero-order chi connectivity index (χ0) is 22.4. The smallest absolute Gasteiger partial charge is 0.319 e. The number of rotatable bonds is 8. The van der Waals surface area contributed by atoms with E-state index in [0.717, 1.165) is 24.6 Å². The first-order valence-electron chi connectivity index (χ1n) is 9.57. The molecule has 0 unspecified atom stereocenters. The fraction of sp³-hybridized carbons (Fsp3) is 0.421. The van der Waals surface area contributed by atoms with Gasteiger partial charge in [-0.25, -0.2) is 13.6 Å². The van der Waals surface area contributed by atoms with Gasteiger partial charge in [-0.15, -0.1) is 0 Å². The van der Waals surface area contributed by atoms with E-state index in [1.807, 2.05) is 0 Å². The number of hydrogen-bond acceptors (Lipinski definition) is 7. The number of aryl methyl sites for hydroxylation is 1. The van der Waals surface area contributed by atoms with Crippen LogP contribution in [-0.2, 0) is 11.3 Å². The number of nitrogens with one attached hydrogen (secondary N) is 2. The Hall–Kier alpha value is -2.83. The van der Waals surface area contributed by atoms with Crippen LogP contribution >= 0.6 is 11.5 Å². The second-order valence-electron chi connectivity index (χ2n) is 6.89. The van der Waals surface area contributed by atoms with Gasteiger partial charge in [0.1, 0.15) is 28.8 Å². The van der Waals surface area contributed by atoms with E-state index in [-0.39, 0.29) is 22.0 Å². The largest absolute Gasteiger partial charge is 0.471 e. The molecule has 168 valence electrons. The number of urea groups is 1. The van der Waals surface area contributed by atoms with Gasteiger partial charge in [-0.2, -0.15) is 4.37 Å². The van der Waals surface area contributed by atoms with Crippen molar-refractivity contribution in [2.24, 2.45) is 5.73 Å². The fourth-order valence-corrected chi connectivity index (χ4v) is 3.72. The summed E-state index contributed by atoms with van der Waals surface area (Å²) in [5.41, 5.74) is 5.35. The van der Waals surface area contributed by atoms with Gasteiger partial charge in [0.25, 0.3) is 5.91 Å². The van der Waals surface area contributed by atoms with E-state index < -0.39 is 30.2 Å². The predicted octanol–water partition coefficient (Wildman–Crippen LogP) is 1.86. The molecule has 1 fully saturated rings. The first-order valence-corrected chi connectivity index (χ1v) is 10.3. The Labute approximate surface area is 181 Å². The highest BCUT2D eigenvalue weighted by Crippen LogP contribution is 2.31. The van der Waals surface area contributed by atoms with Crippen molar-refractivity contribution < 1.29 is 27.8 Å². The summed E-state index contributed by atoms with van der Waals surface area (Å²) in [4.78, 5) is 26.2. The Morgan fingerprint density at radius 1 is 1.29 bits per heavy atom. The summed E-state index contributed by atoms with van der Waals surface area (Å²) < 4.78 is 42.5. The minimum Gasteiger partial charge on any atom is -0.471 e. The number of benzene rings is 1. The summed E-state index contributed by atoms with van der Waals surface area (Å²) in [5, 5.41) is 5.28. The predicted molar refractivity (Wildman–Crippen MR) is 110 cm³/mol. The number of nitrogens with two attached hydrogens (primary N) is 1. The molecule has 1 aromatic carbocycles. The number of amides is 3. The number of morpholine rings is 1. The molecule has 9 nitrogen and oxygen atoms in total. The molecule has 0 radical (unpaired) electrons. The Bertz CT molecular complexity index is 926. The average Bonchev–Trinajstić information content (AvgIpc) is 3.10. The molecule has 1 aliphatic heterocycles. The normalized spacial score (nSPS) is 14.3. The maximum absolute atomic E-state index is 14.0. The van der Waals surface area contributed by atoms with E-state index in [2.05, 4.69) is 19.9 Å². The van der Waals surface area contributed by atoms with Crippen LogP contribution in [0.3, 0.4) is 0 Å². The summed E-state index contributed by atoms with van der Waals surface area (Å²) in [6.07, 6.45) is 0. The Kier molecular flexibility index (Phi) is 7.71. The zero-order valence-electron chi connectivity index (χ0n) is 16.9. The maximum Gasteiger partial charge on any atom is 0.319 e. The van der Waals surface area contributed by atoms with Crippen LogP contribution in [0.25, 0.3) is 0 Å². The van der Waals surface area contributed by atoms with E-state index in [1.54, 1.807) is 6.92 Å². The highest BCUT2D eigenvalue weighted by molar-refractivity contribution is 7.11. The maximum atomic E-state index is 14.0. The number of halogens is 2. The van der Waals surface area contributed by atoms with Crippen LogP contribution in [0, 0.1) is 18.6 Å². The molecule has 0 bridgehead atoms. The van der Waals surface area contributed by atoms with Gasteiger partial charge in [-0.3, -0.25) is 15.0 Å². The molecule has 4 N–H and O–H groups in total. The first-order chi connectivity index (χ1) is 14.8. The summed E-state index contributed by atoms with van der Waals surface area (Å²) in [7, 11) is 0. The number of hydrogen-bond donors (Lipinski definition) is 3. The van der Waals surface area contributed by atoms with Crippen molar-refractivity contribution in [2.75, 3.05) is 44.7 Å². The third kappa shape index (κ3) is 6.09. The van der Waals surface area contributed by atoms with Crippen molar-refractivity contribution in [3.63, 3.8) is 0 Å². The van der Waals surface area contributed by atoms with Crippen molar-refractivity contribution in [1.29, 1.82) is 0 Å². The van der Waals surface area contributed by atoms with E-state index in [9.17, 15) is 18.4 Å². The summed E-state index contributed by atoms with van der Waals surface area (Å²) in [5.74, 6) is -2.64. The van der Waals surface area contributed by atoms with Crippen LogP contribution in [0.4, 0.5) is 18.6 Å². The minimum atomic E-state index is -0.891. The van der Waals surface area contributed by atoms with Gasteiger partial charge in [0.05, 0.1) is 18.8 Å². The topological polar surface area (TPSA) is 119 Å². The first kappa shape index (κ1) is 22.8. The lowest BCUT2D eigenvalue weighted by molar-refractivity contribution is 0.0388. The van der Waals surface area contributed by atoms with Crippen LogP contribution in [-0.4, -0.2) is 60.6 Å². The van der Waals surface area contributed by atoms with E-state index >= 15 is 0 Å². The molecule has 2 heterocycles. The molecule has 1 saturated heterocycles. The molecule has 12 heteroatoms. The van der Waals surface area contributed by atoms with Crippen molar-refractivity contribution in [3.8, 4) is 5.88 Å². The van der Waals surface area contributed by atoms with Crippen molar-refractivity contribution in [3.05, 3.63) is 40.5 Å². The number of carbonyl (C=O) groups is 2. The van der Waals surface area contributed by atoms with Gasteiger partial charge >= 0.3 is 6.03 Å². The quantitative estimate of drug-likeness (QED) is 0.559. The molecule has 2 aromatic rings. The highest BCUT2D eigenvalue weighted by Gasteiger charge is 2.23. The molecular formula is C19H23F2N5O4S. The van der Waals surface area contributed by atoms with Gasteiger partial charge in [0, 0.05) is 26.2 Å². The molecule has 0 aliphatic carbocycles. The van der Waals surface area contributed by atoms with Gasteiger partial charge in [0.2, 0.25) is 5.88 Å². The Morgan fingerprint density at radius 3 is 2.61 bits per heavy atom.